The fourth-order valence-electron chi connectivity index (χ4n) is 2.19. The van der Waals surface area contributed by atoms with Crippen LogP contribution < -0.4 is 5.32 Å². The topological polar surface area (TPSA) is 56.1 Å². The fourth-order valence-corrected chi connectivity index (χ4v) is 2.30. The van der Waals surface area contributed by atoms with Gasteiger partial charge in [-0.15, -0.1) is 11.6 Å². The summed E-state index contributed by atoms with van der Waals surface area (Å²) in [5.74, 6) is 0.244. The maximum Gasteiger partial charge on any atom is 0.265 e. The summed E-state index contributed by atoms with van der Waals surface area (Å²) >= 11 is 5.52. The van der Waals surface area contributed by atoms with Crippen LogP contribution in [0.5, 0.6) is 0 Å². The Hall–Kier alpha value is -1.21. The number of halogens is 1. The van der Waals surface area contributed by atoms with Crippen molar-refractivity contribution in [3.8, 4) is 6.07 Å². The summed E-state index contributed by atoms with van der Waals surface area (Å²) in [7, 11) is 1.78. The van der Waals surface area contributed by atoms with Crippen LogP contribution in [-0.4, -0.2) is 36.3 Å². The van der Waals surface area contributed by atoms with E-state index in [-0.39, 0.29) is 17.5 Å². The van der Waals surface area contributed by atoms with Gasteiger partial charge in [-0.3, -0.25) is 4.79 Å². The van der Waals surface area contributed by atoms with Crippen LogP contribution in [0, 0.1) is 11.3 Å². The summed E-state index contributed by atoms with van der Waals surface area (Å²) in [6.45, 7) is 0.549. The molecule has 1 aliphatic carbocycles. The van der Waals surface area contributed by atoms with Crippen molar-refractivity contribution in [1.29, 1.82) is 5.26 Å². The fraction of sp³-hybridized carbons (Fsp3) is 0.692. The van der Waals surface area contributed by atoms with Gasteiger partial charge in [0.1, 0.15) is 11.6 Å². The molecule has 5 heteroatoms. The number of hydrogen-bond donors (Lipinski definition) is 1. The Morgan fingerprint density at radius 1 is 1.50 bits per heavy atom. The minimum absolute atomic E-state index is 0.146. The van der Waals surface area contributed by atoms with Crippen LogP contribution in [0.2, 0.25) is 0 Å². The third-order valence-corrected chi connectivity index (χ3v) is 3.47. The first-order valence-electron chi connectivity index (χ1n) is 6.37. The Balaban J connectivity index is 2.59. The number of alkyl halides is 1. The van der Waals surface area contributed by atoms with Crippen molar-refractivity contribution in [2.75, 3.05) is 19.5 Å². The molecule has 0 unspecified atom stereocenters. The summed E-state index contributed by atoms with van der Waals surface area (Å²) in [5.41, 5.74) is 0.146. The second-order valence-electron chi connectivity index (χ2n) is 4.52. The van der Waals surface area contributed by atoms with Gasteiger partial charge in [-0.25, -0.2) is 0 Å². The second kappa shape index (κ2) is 7.99. The number of rotatable bonds is 5. The minimum atomic E-state index is -0.202. The van der Waals surface area contributed by atoms with Gasteiger partial charge in [0, 0.05) is 31.7 Å². The van der Waals surface area contributed by atoms with Crippen LogP contribution in [0.4, 0.5) is 0 Å². The van der Waals surface area contributed by atoms with E-state index in [1.807, 2.05) is 6.07 Å². The van der Waals surface area contributed by atoms with E-state index in [4.69, 9.17) is 16.9 Å². The predicted octanol–water partition coefficient (Wildman–Crippen LogP) is 2.01. The highest BCUT2D eigenvalue weighted by Gasteiger charge is 2.24. The average Bonchev–Trinajstić information content (AvgIpc) is 2.43. The van der Waals surface area contributed by atoms with Crippen molar-refractivity contribution in [3.05, 3.63) is 11.8 Å². The molecule has 1 N–H and O–H groups in total. The molecule has 0 aliphatic heterocycles. The molecular formula is C13H20ClN3O. The van der Waals surface area contributed by atoms with Gasteiger partial charge in [0.05, 0.1) is 0 Å². The summed E-state index contributed by atoms with van der Waals surface area (Å²) in [5, 5.41) is 11.9. The molecule has 0 aromatic carbocycles. The van der Waals surface area contributed by atoms with Crippen molar-refractivity contribution >= 4 is 17.5 Å². The Morgan fingerprint density at radius 3 is 2.72 bits per heavy atom. The smallest absolute Gasteiger partial charge is 0.265 e. The molecule has 0 saturated heterocycles. The van der Waals surface area contributed by atoms with Gasteiger partial charge in [-0.1, -0.05) is 19.3 Å². The standard InChI is InChI=1S/C13H20ClN3O/c1-17(12-5-3-2-4-6-12)13(18)11(9-15)10-16-8-7-14/h10,12,16H,2-8H2,1H3/b11-10-. The first kappa shape index (κ1) is 14.8. The Morgan fingerprint density at radius 2 is 2.17 bits per heavy atom. The highest BCUT2D eigenvalue weighted by molar-refractivity contribution is 6.18. The Bertz CT molecular complexity index is 343. The van der Waals surface area contributed by atoms with Crippen LogP contribution in [0.15, 0.2) is 11.8 Å². The summed E-state index contributed by atoms with van der Waals surface area (Å²) < 4.78 is 0. The maximum absolute atomic E-state index is 12.1. The van der Waals surface area contributed by atoms with Crippen LogP contribution in [-0.2, 0) is 4.79 Å². The predicted molar refractivity (Wildman–Crippen MR) is 72.1 cm³/mol. The average molecular weight is 270 g/mol. The van der Waals surface area contributed by atoms with Gasteiger partial charge in [-0.05, 0) is 12.8 Å². The molecule has 0 aromatic rings. The number of nitrogens with zero attached hydrogens (tertiary/aromatic N) is 2. The zero-order valence-electron chi connectivity index (χ0n) is 10.8. The molecule has 1 saturated carbocycles. The number of carbonyl (C=O) groups is 1. The highest BCUT2D eigenvalue weighted by Crippen LogP contribution is 2.22. The number of hydrogen-bond acceptors (Lipinski definition) is 3. The van der Waals surface area contributed by atoms with Crippen LogP contribution >= 0.6 is 11.6 Å². The molecule has 0 bridgehead atoms. The second-order valence-corrected chi connectivity index (χ2v) is 4.90. The molecule has 0 atom stereocenters. The summed E-state index contributed by atoms with van der Waals surface area (Å²) in [6.07, 6.45) is 7.11. The molecule has 0 heterocycles. The Labute approximate surface area is 114 Å². The molecule has 1 aliphatic rings. The van der Waals surface area contributed by atoms with Crippen molar-refractivity contribution in [2.24, 2.45) is 0 Å². The van der Waals surface area contributed by atoms with E-state index >= 15 is 0 Å². The van der Waals surface area contributed by atoms with Gasteiger partial charge in [0.2, 0.25) is 0 Å². The largest absolute Gasteiger partial charge is 0.388 e. The first-order chi connectivity index (χ1) is 8.70. The SMILES string of the molecule is CN(C(=O)/C(C#N)=C\NCCCl)C1CCCCC1. The van der Waals surface area contributed by atoms with Crippen LogP contribution in [0.25, 0.3) is 0 Å². The van der Waals surface area contributed by atoms with Crippen molar-refractivity contribution in [1.82, 2.24) is 10.2 Å². The van der Waals surface area contributed by atoms with E-state index in [1.54, 1.807) is 11.9 Å². The molecule has 18 heavy (non-hydrogen) atoms. The van der Waals surface area contributed by atoms with E-state index < -0.39 is 0 Å². The molecule has 0 radical (unpaired) electrons. The van der Waals surface area contributed by atoms with E-state index in [0.717, 1.165) is 12.8 Å². The zero-order chi connectivity index (χ0) is 13.4. The Kier molecular flexibility index (Phi) is 6.59. The van der Waals surface area contributed by atoms with Gasteiger partial charge < -0.3 is 10.2 Å². The molecule has 0 spiro atoms. The highest BCUT2D eigenvalue weighted by atomic mass is 35.5. The van der Waals surface area contributed by atoms with E-state index in [0.29, 0.717) is 12.4 Å². The lowest BCUT2D eigenvalue weighted by molar-refractivity contribution is -0.128. The quantitative estimate of drug-likeness (QED) is 0.360. The molecule has 100 valence electrons. The van der Waals surface area contributed by atoms with E-state index in [1.165, 1.54) is 25.5 Å². The molecule has 1 fully saturated rings. The van der Waals surface area contributed by atoms with Gasteiger partial charge in [-0.2, -0.15) is 5.26 Å². The first-order valence-corrected chi connectivity index (χ1v) is 6.91. The molecule has 1 rings (SSSR count). The monoisotopic (exact) mass is 269 g/mol. The third kappa shape index (κ3) is 4.23. The van der Waals surface area contributed by atoms with Crippen LogP contribution in [0.1, 0.15) is 32.1 Å². The molecule has 4 nitrogen and oxygen atoms in total. The third-order valence-electron chi connectivity index (χ3n) is 3.28. The van der Waals surface area contributed by atoms with Gasteiger partial charge >= 0.3 is 0 Å². The summed E-state index contributed by atoms with van der Waals surface area (Å²) in [6, 6.07) is 2.22. The normalized spacial score (nSPS) is 17.1. The zero-order valence-corrected chi connectivity index (χ0v) is 11.5. The lowest BCUT2D eigenvalue weighted by atomic mass is 9.94. The lowest BCUT2D eigenvalue weighted by Crippen LogP contribution is -2.39. The number of nitrogens with one attached hydrogen (secondary N) is 1. The van der Waals surface area contributed by atoms with Crippen molar-refractivity contribution in [3.63, 3.8) is 0 Å². The molecule has 0 aromatic heterocycles. The van der Waals surface area contributed by atoms with Crippen molar-refractivity contribution in [2.45, 2.75) is 38.1 Å². The number of amides is 1. The van der Waals surface area contributed by atoms with Gasteiger partial charge in [0.15, 0.2) is 0 Å². The number of likely N-dealkylation sites (N-methyl/N-ethyl adjacent to an activating group) is 1. The van der Waals surface area contributed by atoms with Gasteiger partial charge in [0.25, 0.3) is 5.91 Å². The summed E-state index contributed by atoms with van der Waals surface area (Å²) in [4.78, 5) is 13.8. The van der Waals surface area contributed by atoms with E-state index in [9.17, 15) is 4.79 Å². The number of carbonyl (C=O) groups excluding carboxylic acids is 1. The molecule has 1 amide bonds. The molecular weight excluding hydrogens is 250 g/mol. The maximum atomic E-state index is 12.1. The van der Waals surface area contributed by atoms with E-state index in [2.05, 4.69) is 5.32 Å². The van der Waals surface area contributed by atoms with Crippen molar-refractivity contribution < 1.29 is 4.79 Å². The lowest BCUT2D eigenvalue weighted by Gasteiger charge is -2.31. The minimum Gasteiger partial charge on any atom is -0.388 e. The van der Waals surface area contributed by atoms with Crippen LogP contribution in [0.3, 0.4) is 0 Å². The number of nitriles is 1.